The molecule has 88 valence electrons. The van der Waals surface area contributed by atoms with Crippen LogP contribution in [0, 0.1) is 5.92 Å². The van der Waals surface area contributed by atoms with E-state index in [2.05, 4.69) is 31.3 Å². The molecule has 0 unspecified atom stereocenters. The van der Waals surface area contributed by atoms with Crippen molar-refractivity contribution >= 4 is 5.91 Å². The zero-order valence-electron chi connectivity index (χ0n) is 10.2. The van der Waals surface area contributed by atoms with Gasteiger partial charge in [-0.25, -0.2) is 0 Å². The second kappa shape index (κ2) is 7.04. The van der Waals surface area contributed by atoms with Crippen molar-refractivity contribution in [3.8, 4) is 0 Å². The maximum Gasteiger partial charge on any atom is 0.223 e. The summed E-state index contributed by atoms with van der Waals surface area (Å²) in [5.74, 6) is 0.372. The quantitative estimate of drug-likeness (QED) is 0.783. The van der Waals surface area contributed by atoms with E-state index in [0.29, 0.717) is 0 Å². The molecule has 1 aromatic rings. The van der Waals surface area contributed by atoms with Crippen LogP contribution in [0.3, 0.4) is 0 Å². The van der Waals surface area contributed by atoms with Crippen molar-refractivity contribution in [3.05, 3.63) is 35.9 Å². The molecular weight excluding hydrogens is 198 g/mol. The van der Waals surface area contributed by atoms with Crippen LogP contribution in [-0.2, 0) is 11.2 Å². The molecule has 0 aliphatic carbocycles. The normalized spacial score (nSPS) is 10.4. The highest BCUT2D eigenvalue weighted by atomic mass is 16.1. The lowest BCUT2D eigenvalue weighted by Gasteiger charge is -2.12. The molecule has 0 saturated heterocycles. The summed E-state index contributed by atoms with van der Waals surface area (Å²) in [6.45, 7) is 4.86. The van der Waals surface area contributed by atoms with Gasteiger partial charge in [0, 0.05) is 12.5 Å². The van der Waals surface area contributed by atoms with Gasteiger partial charge in [-0.2, -0.15) is 0 Å². The number of hydrogen-bond donors (Lipinski definition) is 1. The summed E-state index contributed by atoms with van der Waals surface area (Å²) in [5.41, 5.74) is 1.27. The Morgan fingerprint density at radius 2 is 1.81 bits per heavy atom. The summed E-state index contributed by atoms with van der Waals surface area (Å²) in [4.78, 5) is 11.7. The van der Waals surface area contributed by atoms with E-state index in [1.807, 2.05) is 18.2 Å². The molecular formula is C14H21NO. The van der Waals surface area contributed by atoms with Gasteiger partial charge in [0.1, 0.15) is 0 Å². The van der Waals surface area contributed by atoms with E-state index in [4.69, 9.17) is 0 Å². The summed E-state index contributed by atoms with van der Waals surface area (Å²) < 4.78 is 0. The Morgan fingerprint density at radius 3 is 2.38 bits per heavy atom. The fourth-order valence-corrected chi connectivity index (χ4v) is 1.78. The summed E-state index contributed by atoms with van der Waals surface area (Å²) in [6, 6.07) is 10.2. The third-order valence-electron chi connectivity index (χ3n) is 2.91. The first-order valence-electron chi connectivity index (χ1n) is 6.09. The molecule has 0 bridgehead atoms. The molecule has 1 aromatic carbocycles. The topological polar surface area (TPSA) is 29.1 Å². The van der Waals surface area contributed by atoms with Gasteiger partial charge in [-0.1, -0.05) is 44.2 Å². The van der Waals surface area contributed by atoms with E-state index in [-0.39, 0.29) is 11.8 Å². The van der Waals surface area contributed by atoms with E-state index in [9.17, 15) is 4.79 Å². The monoisotopic (exact) mass is 219 g/mol. The molecule has 0 saturated carbocycles. The molecule has 0 fully saturated rings. The number of hydrogen-bond acceptors (Lipinski definition) is 1. The molecule has 1 amide bonds. The second-order valence-electron chi connectivity index (χ2n) is 4.04. The van der Waals surface area contributed by atoms with Crippen LogP contribution >= 0.6 is 0 Å². The Hall–Kier alpha value is -1.31. The minimum Gasteiger partial charge on any atom is -0.356 e. The average molecular weight is 219 g/mol. The predicted octanol–water partition coefficient (Wildman–Crippen LogP) is 2.78. The van der Waals surface area contributed by atoms with Crippen LogP contribution in [0.25, 0.3) is 0 Å². The van der Waals surface area contributed by atoms with E-state index >= 15 is 0 Å². The lowest BCUT2D eigenvalue weighted by atomic mass is 10.0. The number of nitrogens with one attached hydrogen (secondary N) is 1. The van der Waals surface area contributed by atoms with Crippen LogP contribution < -0.4 is 5.32 Å². The average Bonchev–Trinajstić information content (AvgIpc) is 2.32. The molecule has 0 aliphatic rings. The van der Waals surface area contributed by atoms with Gasteiger partial charge in [-0.05, 0) is 24.8 Å². The van der Waals surface area contributed by atoms with Crippen molar-refractivity contribution in [2.45, 2.75) is 33.1 Å². The van der Waals surface area contributed by atoms with E-state index < -0.39 is 0 Å². The van der Waals surface area contributed by atoms with Crippen molar-refractivity contribution < 1.29 is 4.79 Å². The van der Waals surface area contributed by atoms with Crippen molar-refractivity contribution in [2.24, 2.45) is 5.92 Å². The van der Waals surface area contributed by atoms with E-state index in [0.717, 1.165) is 25.8 Å². The molecule has 0 radical (unpaired) electrons. The maximum atomic E-state index is 11.7. The van der Waals surface area contributed by atoms with Crippen LogP contribution in [0.15, 0.2) is 30.3 Å². The van der Waals surface area contributed by atoms with Gasteiger partial charge in [-0.3, -0.25) is 4.79 Å². The highest BCUT2D eigenvalue weighted by molar-refractivity contribution is 5.78. The fraction of sp³-hybridized carbons (Fsp3) is 0.500. The summed E-state index contributed by atoms with van der Waals surface area (Å²) in [6.07, 6.45) is 2.76. The minimum atomic E-state index is 0.177. The lowest BCUT2D eigenvalue weighted by molar-refractivity contribution is -0.125. The Labute approximate surface area is 98.1 Å². The van der Waals surface area contributed by atoms with Gasteiger partial charge in [0.05, 0.1) is 0 Å². The van der Waals surface area contributed by atoms with Crippen molar-refractivity contribution in [1.82, 2.24) is 5.32 Å². The Morgan fingerprint density at radius 1 is 1.19 bits per heavy atom. The molecule has 0 aromatic heterocycles. The number of amides is 1. The smallest absolute Gasteiger partial charge is 0.223 e. The Bertz CT molecular complexity index is 304. The predicted molar refractivity (Wildman–Crippen MR) is 67.2 cm³/mol. The number of carbonyl (C=O) groups excluding carboxylic acids is 1. The summed E-state index contributed by atoms with van der Waals surface area (Å²) >= 11 is 0. The number of benzene rings is 1. The third kappa shape index (κ3) is 4.05. The zero-order valence-corrected chi connectivity index (χ0v) is 10.2. The van der Waals surface area contributed by atoms with Crippen LogP contribution in [0.2, 0.25) is 0 Å². The molecule has 1 rings (SSSR count). The van der Waals surface area contributed by atoms with Crippen molar-refractivity contribution in [1.29, 1.82) is 0 Å². The Kier molecular flexibility index (Phi) is 5.62. The van der Waals surface area contributed by atoms with E-state index in [1.54, 1.807) is 0 Å². The molecule has 2 heteroatoms. The van der Waals surface area contributed by atoms with E-state index in [1.165, 1.54) is 5.56 Å². The Balaban J connectivity index is 2.28. The van der Waals surface area contributed by atoms with Gasteiger partial charge in [0.25, 0.3) is 0 Å². The van der Waals surface area contributed by atoms with Gasteiger partial charge < -0.3 is 5.32 Å². The van der Waals surface area contributed by atoms with Gasteiger partial charge in [0.15, 0.2) is 0 Å². The molecule has 0 heterocycles. The summed E-state index contributed by atoms with van der Waals surface area (Å²) in [5, 5.41) is 2.99. The standard InChI is InChI=1S/C14H21NO/c1-3-13(4-2)14(16)15-11-10-12-8-6-5-7-9-12/h5-9,13H,3-4,10-11H2,1-2H3,(H,15,16). The van der Waals surface area contributed by atoms with Crippen molar-refractivity contribution in [2.75, 3.05) is 6.54 Å². The van der Waals surface area contributed by atoms with Crippen molar-refractivity contribution in [3.63, 3.8) is 0 Å². The molecule has 2 nitrogen and oxygen atoms in total. The zero-order chi connectivity index (χ0) is 11.8. The van der Waals surface area contributed by atoms with Gasteiger partial charge >= 0.3 is 0 Å². The van der Waals surface area contributed by atoms with Gasteiger partial charge in [0.2, 0.25) is 5.91 Å². The SMILES string of the molecule is CCC(CC)C(=O)NCCc1ccccc1. The molecule has 0 spiro atoms. The van der Waals surface area contributed by atoms with Crippen LogP contribution in [0.5, 0.6) is 0 Å². The first-order valence-corrected chi connectivity index (χ1v) is 6.09. The molecule has 1 N–H and O–H groups in total. The minimum absolute atomic E-state index is 0.177. The highest BCUT2D eigenvalue weighted by Gasteiger charge is 2.12. The first kappa shape index (κ1) is 12.8. The van der Waals surface area contributed by atoms with Crippen LogP contribution in [0.1, 0.15) is 32.3 Å². The van der Waals surface area contributed by atoms with Crippen LogP contribution in [0.4, 0.5) is 0 Å². The summed E-state index contributed by atoms with van der Waals surface area (Å²) in [7, 11) is 0. The number of rotatable bonds is 6. The molecule has 16 heavy (non-hydrogen) atoms. The molecule has 0 atom stereocenters. The van der Waals surface area contributed by atoms with Crippen LogP contribution in [-0.4, -0.2) is 12.5 Å². The molecule has 0 aliphatic heterocycles. The largest absolute Gasteiger partial charge is 0.356 e. The first-order chi connectivity index (χ1) is 7.77. The highest BCUT2D eigenvalue weighted by Crippen LogP contribution is 2.07. The maximum absolute atomic E-state index is 11.7. The lowest BCUT2D eigenvalue weighted by Crippen LogP contribution is -2.31. The fourth-order valence-electron chi connectivity index (χ4n) is 1.78. The third-order valence-corrected chi connectivity index (χ3v) is 2.91. The number of carbonyl (C=O) groups is 1. The van der Waals surface area contributed by atoms with Gasteiger partial charge in [-0.15, -0.1) is 0 Å². The second-order valence-corrected chi connectivity index (χ2v) is 4.04.